The topological polar surface area (TPSA) is 66.4 Å². The molecule has 0 saturated heterocycles. The first kappa shape index (κ1) is 31.0. The molecule has 0 unspecified atom stereocenters. The van der Waals surface area contributed by atoms with E-state index in [0.29, 0.717) is 0 Å². The number of rotatable bonds is 19. The third kappa shape index (κ3) is 30.1. The SMILES string of the molecule is CCCCCCCCCCCCCCCCCC[N+](C)(C)CC.COS(=O)(=O)[O-]. The van der Waals surface area contributed by atoms with Gasteiger partial charge in [0, 0.05) is 0 Å². The van der Waals surface area contributed by atoms with Crippen LogP contribution in [-0.2, 0) is 14.6 Å². The molecule has 0 N–H and O–H groups in total. The third-order valence-corrected chi connectivity index (χ3v) is 6.09. The second kappa shape index (κ2) is 21.1. The Bertz CT molecular complexity index is 425. The van der Waals surface area contributed by atoms with Crippen LogP contribution in [0.3, 0.4) is 0 Å². The fourth-order valence-corrected chi connectivity index (χ4v) is 3.25. The number of hydrogen-bond acceptors (Lipinski definition) is 4. The van der Waals surface area contributed by atoms with Gasteiger partial charge in [0.2, 0.25) is 10.4 Å². The molecule has 0 saturated carbocycles. The van der Waals surface area contributed by atoms with E-state index in [1.165, 1.54) is 120 Å². The van der Waals surface area contributed by atoms with E-state index < -0.39 is 10.4 Å². The molecule has 0 spiro atoms. The van der Waals surface area contributed by atoms with Gasteiger partial charge >= 0.3 is 0 Å². The van der Waals surface area contributed by atoms with Crippen LogP contribution in [0.5, 0.6) is 0 Å². The fraction of sp³-hybridized carbons (Fsp3) is 1.00. The smallest absolute Gasteiger partial charge is 0.217 e. The van der Waals surface area contributed by atoms with Crippen molar-refractivity contribution in [2.75, 3.05) is 34.3 Å². The highest BCUT2D eigenvalue weighted by atomic mass is 32.3. The van der Waals surface area contributed by atoms with E-state index in [9.17, 15) is 13.0 Å². The Balaban J connectivity index is 0. The van der Waals surface area contributed by atoms with Gasteiger partial charge in [0.1, 0.15) is 0 Å². The fourth-order valence-electron chi connectivity index (χ4n) is 3.25. The van der Waals surface area contributed by atoms with Crippen molar-refractivity contribution in [2.24, 2.45) is 0 Å². The van der Waals surface area contributed by atoms with E-state index in [0.717, 1.165) is 7.11 Å². The number of unbranched alkanes of at least 4 members (excludes halogenated alkanes) is 15. The molecule has 0 aliphatic heterocycles. The minimum Gasteiger partial charge on any atom is -0.726 e. The Labute approximate surface area is 183 Å². The molecule has 0 aromatic rings. The summed E-state index contributed by atoms with van der Waals surface area (Å²) in [5, 5.41) is 0. The largest absolute Gasteiger partial charge is 0.726 e. The second-order valence-electron chi connectivity index (χ2n) is 8.85. The van der Waals surface area contributed by atoms with Gasteiger partial charge in [-0.05, 0) is 19.8 Å². The summed E-state index contributed by atoms with van der Waals surface area (Å²) in [6.45, 7) is 7.21. The van der Waals surface area contributed by atoms with Crippen LogP contribution in [0.15, 0.2) is 0 Å². The highest BCUT2D eigenvalue weighted by Gasteiger charge is 2.09. The Morgan fingerprint density at radius 2 is 0.931 bits per heavy atom. The van der Waals surface area contributed by atoms with Crippen LogP contribution >= 0.6 is 0 Å². The van der Waals surface area contributed by atoms with E-state index in [1.807, 2.05) is 0 Å². The third-order valence-electron chi connectivity index (χ3n) is 5.68. The molecule has 0 bridgehead atoms. The molecule has 6 heteroatoms. The van der Waals surface area contributed by atoms with Crippen molar-refractivity contribution in [2.45, 2.75) is 117 Å². The molecule has 0 fully saturated rings. The lowest BCUT2D eigenvalue weighted by molar-refractivity contribution is -0.888. The van der Waals surface area contributed by atoms with Gasteiger partial charge in [0.05, 0.1) is 34.3 Å². The van der Waals surface area contributed by atoms with Crippen molar-refractivity contribution in [3.63, 3.8) is 0 Å². The summed E-state index contributed by atoms with van der Waals surface area (Å²) in [6.07, 6.45) is 23.4. The molecule has 0 aromatic carbocycles. The molecule has 0 rings (SSSR count). The Morgan fingerprint density at radius 3 is 1.17 bits per heavy atom. The quantitative estimate of drug-likeness (QED) is 0.101. The van der Waals surface area contributed by atoms with Gasteiger partial charge in [-0.25, -0.2) is 8.42 Å². The highest BCUT2D eigenvalue weighted by Crippen LogP contribution is 2.14. The Hall–Kier alpha value is -0.170. The van der Waals surface area contributed by atoms with E-state index in [2.05, 4.69) is 32.1 Å². The van der Waals surface area contributed by atoms with Gasteiger partial charge in [0.15, 0.2) is 0 Å². The van der Waals surface area contributed by atoms with Crippen molar-refractivity contribution in [3.05, 3.63) is 0 Å². The van der Waals surface area contributed by atoms with Crippen molar-refractivity contribution < 1.29 is 21.6 Å². The lowest BCUT2D eigenvalue weighted by atomic mass is 10.0. The Morgan fingerprint density at radius 1 is 0.655 bits per heavy atom. The predicted octanol–water partition coefficient (Wildman–Crippen LogP) is 6.44. The number of quaternary nitrogens is 1. The molecular weight excluding hydrogens is 386 g/mol. The van der Waals surface area contributed by atoms with Gasteiger partial charge in [-0.2, -0.15) is 0 Å². The van der Waals surface area contributed by atoms with Crippen LogP contribution in [0.25, 0.3) is 0 Å². The standard InChI is InChI=1S/C22H48N.CH4O4S/c1-5-7-8-9-10-11-12-13-14-15-16-17-18-19-20-21-22-23(3,4)6-2;1-5-6(2,3)4/h5-22H2,1-4H3;1H3,(H,2,3,4)/q+1;/p-1. The summed E-state index contributed by atoms with van der Waals surface area (Å²) in [4.78, 5) is 0. The van der Waals surface area contributed by atoms with E-state index in [1.54, 1.807) is 0 Å². The molecule has 0 heterocycles. The zero-order valence-corrected chi connectivity index (χ0v) is 21.0. The van der Waals surface area contributed by atoms with Crippen LogP contribution in [0.4, 0.5) is 0 Å². The molecule has 29 heavy (non-hydrogen) atoms. The van der Waals surface area contributed by atoms with E-state index in [4.69, 9.17) is 0 Å². The van der Waals surface area contributed by atoms with Gasteiger partial charge < -0.3 is 9.04 Å². The highest BCUT2D eigenvalue weighted by molar-refractivity contribution is 7.80. The molecule has 178 valence electrons. The second-order valence-corrected chi connectivity index (χ2v) is 10.0. The summed E-state index contributed by atoms with van der Waals surface area (Å²) in [7, 11) is 1.10. The molecule has 0 aromatic heterocycles. The first-order chi connectivity index (χ1) is 13.7. The van der Waals surface area contributed by atoms with Crippen molar-refractivity contribution in [1.29, 1.82) is 0 Å². The maximum absolute atomic E-state index is 9.22. The lowest BCUT2D eigenvalue weighted by Gasteiger charge is -2.28. The minimum absolute atomic E-state index is 0.808. The zero-order valence-electron chi connectivity index (χ0n) is 20.2. The van der Waals surface area contributed by atoms with Crippen molar-refractivity contribution in [3.8, 4) is 0 Å². The van der Waals surface area contributed by atoms with Crippen LogP contribution in [0, 0.1) is 0 Å². The Kier molecular flexibility index (Phi) is 22.5. The average molecular weight is 438 g/mol. The first-order valence-corrected chi connectivity index (χ1v) is 13.3. The molecule has 5 nitrogen and oxygen atoms in total. The summed E-state index contributed by atoms with van der Waals surface area (Å²) >= 11 is 0. The van der Waals surface area contributed by atoms with Crippen LogP contribution in [0.1, 0.15) is 117 Å². The molecule has 0 atom stereocenters. The molecular formula is C23H51NO4S. The van der Waals surface area contributed by atoms with E-state index >= 15 is 0 Å². The van der Waals surface area contributed by atoms with Crippen LogP contribution in [0.2, 0.25) is 0 Å². The lowest BCUT2D eigenvalue weighted by Crippen LogP contribution is -2.39. The van der Waals surface area contributed by atoms with Crippen LogP contribution in [-0.4, -0.2) is 51.7 Å². The summed E-state index contributed by atoms with van der Waals surface area (Å²) in [6, 6.07) is 0. The number of nitrogens with zero attached hydrogens (tertiary/aromatic N) is 1. The van der Waals surface area contributed by atoms with Crippen molar-refractivity contribution in [1.82, 2.24) is 0 Å². The summed E-state index contributed by atoms with van der Waals surface area (Å²) in [5.41, 5.74) is 0. The summed E-state index contributed by atoms with van der Waals surface area (Å²) in [5.74, 6) is 0. The van der Waals surface area contributed by atoms with E-state index in [-0.39, 0.29) is 0 Å². The molecule has 0 radical (unpaired) electrons. The van der Waals surface area contributed by atoms with Crippen molar-refractivity contribution >= 4 is 10.4 Å². The monoisotopic (exact) mass is 437 g/mol. The predicted molar refractivity (Wildman–Crippen MR) is 124 cm³/mol. The zero-order chi connectivity index (χ0) is 22.4. The average Bonchev–Trinajstić information content (AvgIpc) is 2.67. The maximum Gasteiger partial charge on any atom is 0.217 e. The minimum atomic E-state index is -4.41. The maximum atomic E-state index is 9.22. The van der Waals surface area contributed by atoms with Gasteiger partial charge in [-0.1, -0.05) is 96.8 Å². The molecule has 0 amide bonds. The number of hydrogen-bond donors (Lipinski definition) is 0. The molecule has 0 aliphatic carbocycles. The summed E-state index contributed by atoms with van der Waals surface area (Å²) < 4.78 is 32.2. The molecule has 0 aliphatic rings. The first-order valence-electron chi connectivity index (χ1n) is 12.0. The van der Waals surface area contributed by atoms with Gasteiger partial charge in [-0.15, -0.1) is 0 Å². The van der Waals surface area contributed by atoms with Gasteiger partial charge in [-0.3, -0.25) is 4.18 Å². The van der Waals surface area contributed by atoms with Gasteiger partial charge in [0.25, 0.3) is 0 Å². The van der Waals surface area contributed by atoms with Crippen LogP contribution < -0.4 is 0 Å². The normalized spacial score (nSPS) is 11.9.